The number of rotatable bonds is 6. The third kappa shape index (κ3) is 4.17. The fourth-order valence-corrected chi connectivity index (χ4v) is 3.52. The van der Waals surface area contributed by atoms with Crippen molar-refractivity contribution in [2.75, 3.05) is 26.3 Å². The Labute approximate surface area is 171 Å². The highest BCUT2D eigenvalue weighted by molar-refractivity contribution is 7.14. The Hall–Kier alpha value is -3.52. The number of aromatic nitrogens is 1. The summed E-state index contributed by atoms with van der Waals surface area (Å²) < 4.78 is 21.3. The second kappa shape index (κ2) is 8.24. The van der Waals surface area contributed by atoms with E-state index in [1.807, 2.05) is 41.8 Å². The number of anilines is 1. The molecule has 0 saturated carbocycles. The smallest absolute Gasteiger partial charge is 0.250 e. The number of nitrogens with zero attached hydrogens (tertiary/aromatic N) is 1. The van der Waals surface area contributed by atoms with E-state index in [1.54, 1.807) is 20.3 Å². The lowest BCUT2D eigenvalue weighted by molar-refractivity contribution is -0.111. The van der Waals surface area contributed by atoms with Crippen LogP contribution in [-0.4, -0.2) is 31.9 Å². The van der Waals surface area contributed by atoms with Crippen molar-refractivity contribution in [3.05, 3.63) is 53.4 Å². The zero-order chi connectivity index (χ0) is 20.2. The number of methoxy groups -OCH3 is 2. The second-order valence-electron chi connectivity index (χ2n) is 6.04. The van der Waals surface area contributed by atoms with Crippen molar-refractivity contribution in [1.82, 2.24) is 4.98 Å². The minimum Gasteiger partial charge on any atom is -0.497 e. The highest BCUT2D eigenvalue weighted by Gasteiger charge is 2.14. The van der Waals surface area contributed by atoms with Gasteiger partial charge in [0.05, 0.1) is 19.9 Å². The second-order valence-corrected chi connectivity index (χ2v) is 6.90. The molecule has 3 aromatic rings. The Bertz CT molecular complexity index is 1080. The average Bonchev–Trinajstić information content (AvgIpc) is 3.40. The predicted octanol–water partition coefficient (Wildman–Crippen LogP) is 4.21. The molecule has 0 fully saturated rings. The van der Waals surface area contributed by atoms with Crippen LogP contribution in [0, 0.1) is 0 Å². The van der Waals surface area contributed by atoms with E-state index in [0.29, 0.717) is 33.8 Å². The van der Waals surface area contributed by atoms with E-state index in [9.17, 15) is 4.79 Å². The minimum atomic E-state index is -0.277. The number of thiazole rings is 1. The number of carbonyl (C=O) groups is 1. The maximum atomic E-state index is 12.3. The van der Waals surface area contributed by atoms with Crippen LogP contribution in [0.4, 0.5) is 5.13 Å². The molecule has 0 bridgehead atoms. The van der Waals surface area contributed by atoms with Gasteiger partial charge < -0.3 is 18.9 Å². The molecule has 0 radical (unpaired) electrons. The summed E-state index contributed by atoms with van der Waals surface area (Å²) in [6.45, 7) is 0.216. The van der Waals surface area contributed by atoms with Crippen molar-refractivity contribution < 1.29 is 23.7 Å². The summed E-state index contributed by atoms with van der Waals surface area (Å²) in [4.78, 5) is 16.7. The molecule has 1 amide bonds. The first kappa shape index (κ1) is 18.8. The number of fused-ring (bicyclic) bond motifs is 1. The van der Waals surface area contributed by atoms with Gasteiger partial charge in [-0.25, -0.2) is 4.98 Å². The van der Waals surface area contributed by atoms with Gasteiger partial charge in [-0.2, -0.15) is 0 Å². The topological polar surface area (TPSA) is 78.9 Å². The van der Waals surface area contributed by atoms with Gasteiger partial charge in [-0.05, 0) is 42.0 Å². The molecule has 1 aliphatic heterocycles. The lowest BCUT2D eigenvalue weighted by Gasteiger charge is -2.08. The van der Waals surface area contributed by atoms with Crippen molar-refractivity contribution in [3.63, 3.8) is 0 Å². The third-order valence-corrected chi connectivity index (χ3v) is 5.00. The monoisotopic (exact) mass is 410 g/mol. The first-order valence-electron chi connectivity index (χ1n) is 8.73. The SMILES string of the molecule is COc1ccc(OC)c(-c2csc(NC(=O)/C=C/c3ccc4c(c3)OCO4)n2)c1. The standard InChI is InChI=1S/C21H18N2O5S/c1-25-14-5-7-17(26-2)15(10-14)16-11-29-21(22-16)23-20(24)8-4-13-3-6-18-19(9-13)28-12-27-18/h3-11H,12H2,1-2H3,(H,22,23,24)/b8-4+. The molecule has 0 spiro atoms. The molecular formula is C21H18N2O5S. The van der Waals surface area contributed by atoms with Crippen LogP contribution in [0.25, 0.3) is 17.3 Å². The lowest BCUT2D eigenvalue weighted by atomic mass is 10.1. The number of ether oxygens (including phenoxy) is 4. The van der Waals surface area contributed by atoms with Crippen LogP contribution >= 0.6 is 11.3 Å². The Kier molecular flexibility index (Phi) is 5.35. The molecular weight excluding hydrogens is 392 g/mol. The molecule has 29 heavy (non-hydrogen) atoms. The molecule has 0 saturated heterocycles. The maximum absolute atomic E-state index is 12.3. The number of amides is 1. The number of nitrogens with one attached hydrogen (secondary N) is 1. The molecule has 0 unspecified atom stereocenters. The van der Waals surface area contributed by atoms with Crippen LogP contribution in [0.5, 0.6) is 23.0 Å². The van der Waals surface area contributed by atoms with Crippen LogP contribution in [0.2, 0.25) is 0 Å². The van der Waals surface area contributed by atoms with Crippen molar-refractivity contribution in [2.45, 2.75) is 0 Å². The largest absolute Gasteiger partial charge is 0.497 e. The molecule has 2 aromatic carbocycles. The number of carbonyl (C=O) groups excluding carboxylic acids is 1. The van der Waals surface area contributed by atoms with Crippen molar-refractivity contribution in [3.8, 4) is 34.3 Å². The van der Waals surface area contributed by atoms with E-state index in [4.69, 9.17) is 18.9 Å². The summed E-state index contributed by atoms with van der Waals surface area (Å²) in [5, 5.41) is 5.12. The summed E-state index contributed by atoms with van der Waals surface area (Å²) >= 11 is 1.33. The van der Waals surface area contributed by atoms with Crippen molar-refractivity contribution in [2.24, 2.45) is 0 Å². The summed E-state index contributed by atoms with van der Waals surface area (Å²) in [6.07, 6.45) is 3.15. The van der Waals surface area contributed by atoms with Gasteiger partial charge in [0.2, 0.25) is 12.7 Å². The summed E-state index contributed by atoms with van der Waals surface area (Å²) in [6, 6.07) is 11.0. The Morgan fingerprint density at radius 3 is 2.83 bits per heavy atom. The first-order chi connectivity index (χ1) is 14.2. The zero-order valence-corrected chi connectivity index (χ0v) is 16.6. The van der Waals surface area contributed by atoms with Crippen LogP contribution in [0.1, 0.15) is 5.56 Å². The van der Waals surface area contributed by atoms with E-state index >= 15 is 0 Å². The number of hydrogen-bond donors (Lipinski definition) is 1. The number of hydrogen-bond acceptors (Lipinski definition) is 7. The molecule has 8 heteroatoms. The highest BCUT2D eigenvalue weighted by atomic mass is 32.1. The lowest BCUT2D eigenvalue weighted by Crippen LogP contribution is -2.07. The van der Waals surface area contributed by atoms with Crippen molar-refractivity contribution >= 4 is 28.5 Å². The molecule has 7 nitrogen and oxygen atoms in total. The Morgan fingerprint density at radius 1 is 1.14 bits per heavy atom. The predicted molar refractivity (Wildman–Crippen MR) is 111 cm³/mol. The summed E-state index contributed by atoms with van der Waals surface area (Å²) in [5.74, 6) is 2.48. The quantitative estimate of drug-likeness (QED) is 0.614. The first-order valence-corrected chi connectivity index (χ1v) is 9.61. The normalized spacial score (nSPS) is 12.2. The van der Waals surface area contributed by atoms with Gasteiger partial charge >= 0.3 is 0 Å². The van der Waals surface area contributed by atoms with Gasteiger partial charge in [0, 0.05) is 17.0 Å². The molecule has 0 aliphatic carbocycles. The molecule has 2 heterocycles. The van der Waals surface area contributed by atoms with E-state index in [-0.39, 0.29) is 12.7 Å². The zero-order valence-electron chi connectivity index (χ0n) is 15.8. The number of benzene rings is 2. The van der Waals surface area contributed by atoms with E-state index in [1.165, 1.54) is 17.4 Å². The minimum absolute atomic E-state index is 0.216. The fourth-order valence-electron chi connectivity index (χ4n) is 2.80. The van der Waals surface area contributed by atoms with Gasteiger partial charge in [-0.3, -0.25) is 10.1 Å². The Morgan fingerprint density at radius 2 is 2.00 bits per heavy atom. The summed E-state index contributed by atoms with van der Waals surface area (Å²) in [5.41, 5.74) is 2.32. The molecule has 1 aromatic heterocycles. The Balaban J connectivity index is 1.46. The van der Waals surface area contributed by atoms with Crippen LogP contribution in [0.15, 0.2) is 47.9 Å². The van der Waals surface area contributed by atoms with Gasteiger partial charge in [-0.1, -0.05) is 6.07 Å². The van der Waals surface area contributed by atoms with Gasteiger partial charge in [0.15, 0.2) is 16.6 Å². The highest BCUT2D eigenvalue weighted by Crippen LogP contribution is 2.35. The van der Waals surface area contributed by atoms with Crippen LogP contribution in [0.3, 0.4) is 0 Å². The molecule has 1 N–H and O–H groups in total. The average molecular weight is 410 g/mol. The third-order valence-electron chi connectivity index (χ3n) is 4.24. The summed E-state index contributed by atoms with van der Waals surface area (Å²) in [7, 11) is 3.20. The van der Waals surface area contributed by atoms with Crippen LogP contribution in [-0.2, 0) is 4.79 Å². The van der Waals surface area contributed by atoms with Gasteiger partial charge in [-0.15, -0.1) is 11.3 Å². The molecule has 0 atom stereocenters. The maximum Gasteiger partial charge on any atom is 0.250 e. The van der Waals surface area contributed by atoms with E-state index < -0.39 is 0 Å². The molecule has 148 valence electrons. The van der Waals surface area contributed by atoms with E-state index in [2.05, 4.69) is 10.3 Å². The van der Waals surface area contributed by atoms with Crippen molar-refractivity contribution in [1.29, 1.82) is 0 Å². The van der Waals surface area contributed by atoms with Crippen LogP contribution < -0.4 is 24.3 Å². The fraction of sp³-hybridized carbons (Fsp3) is 0.143. The van der Waals surface area contributed by atoms with E-state index in [0.717, 1.165) is 11.1 Å². The van der Waals surface area contributed by atoms with Gasteiger partial charge in [0.25, 0.3) is 0 Å². The molecule has 1 aliphatic rings. The molecule has 4 rings (SSSR count). The van der Waals surface area contributed by atoms with Gasteiger partial charge in [0.1, 0.15) is 11.5 Å².